The molecular formula is C13H12F6. The second-order valence-corrected chi connectivity index (χ2v) is 5.28. The summed E-state index contributed by atoms with van der Waals surface area (Å²) in [6.07, 6.45) is -7.42. The third-order valence-corrected chi connectivity index (χ3v) is 3.65. The quantitative estimate of drug-likeness (QED) is 0.435. The Kier molecular flexibility index (Phi) is 2.75. The Hall–Kier alpha value is -1.20. The number of allylic oxidation sites excluding steroid dienone is 6. The van der Waals surface area contributed by atoms with Crippen LogP contribution in [0.15, 0.2) is 34.4 Å². The van der Waals surface area contributed by atoms with E-state index in [-0.39, 0.29) is 0 Å². The van der Waals surface area contributed by atoms with Crippen molar-refractivity contribution in [1.29, 1.82) is 0 Å². The molecule has 3 aliphatic rings. The first kappa shape index (κ1) is 14.2. The minimum absolute atomic E-state index is 0.322. The number of alkyl halides is 6. The van der Waals surface area contributed by atoms with Gasteiger partial charge in [-0.2, -0.15) is 26.3 Å². The van der Waals surface area contributed by atoms with Crippen LogP contribution in [0.1, 0.15) is 20.8 Å². The average molecular weight is 282 g/mol. The molecule has 0 saturated carbocycles. The highest BCUT2D eigenvalue weighted by molar-refractivity contribution is 5.55. The van der Waals surface area contributed by atoms with Crippen molar-refractivity contribution in [3.8, 4) is 0 Å². The molecule has 19 heavy (non-hydrogen) atoms. The van der Waals surface area contributed by atoms with Crippen LogP contribution in [0.4, 0.5) is 26.3 Å². The molecule has 0 amide bonds. The Morgan fingerprint density at radius 2 is 1.32 bits per heavy atom. The lowest BCUT2D eigenvalue weighted by molar-refractivity contribution is -0.127. The Morgan fingerprint density at radius 3 is 1.63 bits per heavy atom. The molecule has 0 aromatic rings. The van der Waals surface area contributed by atoms with E-state index in [1.165, 1.54) is 32.9 Å². The Morgan fingerprint density at radius 1 is 0.895 bits per heavy atom. The first-order chi connectivity index (χ1) is 8.38. The van der Waals surface area contributed by atoms with Crippen LogP contribution < -0.4 is 0 Å². The van der Waals surface area contributed by atoms with Gasteiger partial charge >= 0.3 is 12.4 Å². The lowest BCUT2D eigenvalue weighted by atomic mass is 9.61. The first-order valence-corrected chi connectivity index (χ1v) is 5.65. The lowest BCUT2D eigenvalue weighted by Crippen LogP contribution is -2.41. The molecular weight excluding hydrogens is 270 g/mol. The zero-order valence-corrected chi connectivity index (χ0v) is 10.5. The van der Waals surface area contributed by atoms with Gasteiger partial charge in [-0.3, -0.25) is 0 Å². The van der Waals surface area contributed by atoms with E-state index in [1.807, 2.05) is 0 Å². The molecule has 0 spiro atoms. The van der Waals surface area contributed by atoms with Gasteiger partial charge in [-0.15, -0.1) is 0 Å². The minimum atomic E-state index is -4.99. The maximum Gasteiger partial charge on any atom is 0.414 e. The van der Waals surface area contributed by atoms with Crippen LogP contribution in [-0.4, -0.2) is 12.4 Å². The van der Waals surface area contributed by atoms with Crippen molar-refractivity contribution in [2.24, 2.45) is 11.3 Å². The first-order valence-electron chi connectivity index (χ1n) is 5.65. The van der Waals surface area contributed by atoms with E-state index in [1.54, 1.807) is 0 Å². The molecule has 0 heterocycles. The second kappa shape index (κ2) is 3.67. The van der Waals surface area contributed by atoms with Gasteiger partial charge in [-0.1, -0.05) is 23.3 Å². The number of rotatable bonds is 0. The molecule has 0 saturated heterocycles. The maximum atomic E-state index is 13.1. The summed E-state index contributed by atoms with van der Waals surface area (Å²) < 4.78 is 78.4. The molecule has 0 nitrogen and oxygen atoms in total. The summed E-state index contributed by atoms with van der Waals surface area (Å²) in [5.74, 6) is -1.31. The maximum absolute atomic E-state index is 13.1. The van der Waals surface area contributed by atoms with Crippen LogP contribution in [0.2, 0.25) is 0 Å². The third-order valence-electron chi connectivity index (χ3n) is 3.65. The van der Waals surface area contributed by atoms with Crippen LogP contribution in [0.3, 0.4) is 0 Å². The van der Waals surface area contributed by atoms with Crippen molar-refractivity contribution in [3.05, 3.63) is 34.4 Å². The fraction of sp³-hybridized carbons (Fsp3) is 0.538. The van der Waals surface area contributed by atoms with Crippen LogP contribution in [0, 0.1) is 11.3 Å². The van der Waals surface area contributed by atoms with Crippen molar-refractivity contribution < 1.29 is 26.3 Å². The fourth-order valence-electron chi connectivity index (χ4n) is 3.31. The number of hydrogen-bond donors (Lipinski definition) is 0. The van der Waals surface area contributed by atoms with Gasteiger partial charge in [0, 0.05) is 11.3 Å². The van der Waals surface area contributed by atoms with E-state index in [0.717, 1.165) is 0 Å². The monoisotopic (exact) mass is 282 g/mol. The molecule has 0 aromatic carbocycles. The number of hydrogen-bond acceptors (Lipinski definition) is 0. The summed E-state index contributed by atoms with van der Waals surface area (Å²) >= 11 is 0. The van der Waals surface area contributed by atoms with Crippen LogP contribution in [0.5, 0.6) is 0 Å². The Bertz CT molecular complexity index is 492. The molecule has 3 rings (SSSR count). The van der Waals surface area contributed by atoms with Gasteiger partial charge in [0.1, 0.15) is 0 Å². The van der Waals surface area contributed by atoms with Gasteiger partial charge in [-0.25, -0.2) is 0 Å². The highest BCUT2D eigenvalue weighted by atomic mass is 19.4. The molecule has 3 aliphatic carbocycles. The lowest BCUT2D eigenvalue weighted by Gasteiger charge is -2.44. The summed E-state index contributed by atoms with van der Waals surface area (Å²) in [7, 11) is 0. The van der Waals surface area contributed by atoms with E-state index in [9.17, 15) is 26.3 Å². The van der Waals surface area contributed by atoms with E-state index >= 15 is 0 Å². The molecule has 0 aliphatic heterocycles. The zero-order valence-electron chi connectivity index (χ0n) is 10.5. The van der Waals surface area contributed by atoms with Crippen molar-refractivity contribution >= 4 is 0 Å². The molecule has 0 radical (unpaired) electrons. The summed E-state index contributed by atoms with van der Waals surface area (Å²) in [4.78, 5) is 0. The van der Waals surface area contributed by atoms with Gasteiger partial charge in [0.05, 0.1) is 11.1 Å². The average Bonchev–Trinajstić information content (AvgIpc) is 2.09. The Balaban J connectivity index is 2.78. The summed E-state index contributed by atoms with van der Waals surface area (Å²) in [5, 5.41) is 0. The molecule has 0 unspecified atom stereocenters. The normalized spacial score (nSPS) is 31.5. The van der Waals surface area contributed by atoms with Gasteiger partial charge in [0.15, 0.2) is 0 Å². The molecule has 6 heteroatoms. The molecule has 0 atom stereocenters. The smallest absolute Gasteiger partial charge is 0.166 e. The van der Waals surface area contributed by atoms with Gasteiger partial charge in [0.2, 0.25) is 0 Å². The predicted molar refractivity (Wildman–Crippen MR) is 58.2 cm³/mol. The van der Waals surface area contributed by atoms with Crippen LogP contribution in [0.25, 0.3) is 0 Å². The van der Waals surface area contributed by atoms with Gasteiger partial charge in [-0.05, 0) is 20.8 Å². The van der Waals surface area contributed by atoms with E-state index in [4.69, 9.17) is 0 Å². The largest absolute Gasteiger partial charge is 0.414 e. The SMILES string of the molecule is CC1=CC2(C)C=C(C)C1C(C(F)(F)F)=C2C(F)(F)F. The van der Waals surface area contributed by atoms with Crippen molar-refractivity contribution in [3.63, 3.8) is 0 Å². The summed E-state index contributed by atoms with van der Waals surface area (Å²) in [5.41, 5.74) is -4.02. The molecule has 0 aromatic heterocycles. The molecule has 0 fully saturated rings. The summed E-state index contributed by atoms with van der Waals surface area (Å²) in [6, 6.07) is 0. The second-order valence-electron chi connectivity index (χ2n) is 5.28. The van der Waals surface area contributed by atoms with Crippen LogP contribution >= 0.6 is 0 Å². The van der Waals surface area contributed by atoms with E-state index in [0.29, 0.717) is 11.1 Å². The summed E-state index contributed by atoms with van der Waals surface area (Å²) in [6.45, 7) is 4.06. The fourth-order valence-corrected chi connectivity index (χ4v) is 3.31. The van der Waals surface area contributed by atoms with E-state index < -0.39 is 34.8 Å². The number of halogens is 6. The molecule has 0 N–H and O–H groups in total. The molecule has 106 valence electrons. The van der Waals surface area contributed by atoms with Crippen molar-refractivity contribution in [2.45, 2.75) is 33.1 Å². The standard InChI is InChI=1S/C13H12F6/c1-6-4-11(3)5-7(2)8(6)9(12(14,15)16)10(11)13(17,18)19/h4-5,8H,1-3H3. The van der Waals surface area contributed by atoms with Crippen molar-refractivity contribution in [1.82, 2.24) is 0 Å². The van der Waals surface area contributed by atoms with E-state index in [2.05, 4.69) is 0 Å². The predicted octanol–water partition coefficient (Wildman–Crippen LogP) is 4.95. The van der Waals surface area contributed by atoms with Crippen molar-refractivity contribution in [2.75, 3.05) is 0 Å². The molecule has 2 bridgehead atoms. The van der Waals surface area contributed by atoms with Gasteiger partial charge < -0.3 is 0 Å². The zero-order chi connectivity index (χ0) is 14.8. The third kappa shape index (κ3) is 2.01. The highest BCUT2D eigenvalue weighted by Gasteiger charge is 2.58. The van der Waals surface area contributed by atoms with Gasteiger partial charge in [0.25, 0.3) is 0 Å². The van der Waals surface area contributed by atoms with Crippen LogP contribution in [-0.2, 0) is 0 Å². The highest BCUT2D eigenvalue weighted by Crippen LogP contribution is 2.58. The topological polar surface area (TPSA) is 0 Å². The minimum Gasteiger partial charge on any atom is -0.166 e. The Labute approximate surface area is 106 Å².